The number of fused-ring (bicyclic) bond motifs is 1. The summed E-state index contributed by atoms with van der Waals surface area (Å²) in [7, 11) is 0. The SMILES string of the molecule is CCCCCC(=O)Oc1c(Cl)cc(Cl)c2ccccc12. The van der Waals surface area contributed by atoms with Crippen LogP contribution in [0.15, 0.2) is 30.3 Å². The van der Waals surface area contributed by atoms with Crippen molar-refractivity contribution in [2.24, 2.45) is 0 Å². The molecule has 0 heterocycles. The second-order valence-corrected chi connectivity index (χ2v) is 5.46. The molecule has 20 heavy (non-hydrogen) atoms. The number of benzene rings is 2. The molecule has 0 unspecified atom stereocenters. The summed E-state index contributed by atoms with van der Waals surface area (Å²) in [6, 6.07) is 9.09. The van der Waals surface area contributed by atoms with Crippen LogP contribution in [-0.4, -0.2) is 5.97 Å². The van der Waals surface area contributed by atoms with Gasteiger partial charge in [0.25, 0.3) is 0 Å². The maximum absolute atomic E-state index is 11.9. The highest BCUT2D eigenvalue weighted by Gasteiger charge is 2.14. The average molecular weight is 311 g/mol. The van der Waals surface area contributed by atoms with Crippen molar-refractivity contribution in [3.05, 3.63) is 40.4 Å². The molecule has 0 fully saturated rings. The predicted octanol–water partition coefficient (Wildman–Crippen LogP) is 5.63. The summed E-state index contributed by atoms with van der Waals surface area (Å²) in [6.07, 6.45) is 3.32. The van der Waals surface area contributed by atoms with Crippen LogP contribution in [0.25, 0.3) is 10.8 Å². The summed E-state index contributed by atoms with van der Waals surface area (Å²) >= 11 is 12.3. The van der Waals surface area contributed by atoms with E-state index < -0.39 is 0 Å². The van der Waals surface area contributed by atoms with Crippen molar-refractivity contribution in [3.63, 3.8) is 0 Å². The third-order valence-electron chi connectivity index (χ3n) is 3.10. The van der Waals surface area contributed by atoms with E-state index in [1.165, 1.54) is 0 Å². The van der Waals surface area contributed by atoms with Crippen LogP contribution in [0, 0.1) is 0 Å². The molecule has 0 saturated carbocycles. The van der Waals surface area contributed by atoms with E-state index in [9.17, 15) is 4.79 Å². The Hall–Kier alpha value is -1.25. The zero-order valence-corrected chi connectivity index (χ0v) is 12.8. The summed E-state index contributed by atoms with van der Waals surface area (Å²) in [6.45, 7) is 2.09. The Morgan fingerprint density at radius 2 is 1.80 bits per heavy atom. The van der Waals surface area contributed by atoms with E-state index in [-0.39, 0.29) is 5.97 Å². The van der Waals surface area contributed by atoms with E-state index in [0.29, 0.717) is 22.2 Å². The first-order chi connectivity index (χ1) is 9.63. The van der Waals surface area contributed by atoms with Crippen LogP contribution in [-0.2, 0) is 4.79 Å². The topological polar surface area (TPSA) is 26.3 Å². The highest BCUT2D eigenvalue weighted by molar-refractivity contribution is 6.40. The smallest absolute Gasteiger partial charge is 0.311 e. The van der Waals surface area contributed by atoms with Gasteiger partial charge in [-0.3, -0.25) is 4.79 Å². The first-order valence-electron chi connectivity index (χ1n) is 6.71. The molecular weight excluding hydrogens is 295 g/mol. The fourth-order valence-corrected chi connectivity index (χ4v) is 2.64. The van der Waals surface area contributed by atoms with Gasteiger partial charge in [-0.05, 0) is 12.5 Å². The number of ether oxygens (including phenoxy) is 1. The molecular formula is C16H16Cl2O2. The van der Waals surface area contributed by atoms with E-state index in [4.69, 9.17) is 27.9 Å². The van der Waals surface area contributed by atoms with Gasteiger partial charge >= 0.3 is 5.97 Å². The van der Waals surface area contributed by atoms with Gasteiger partial charge in [0, 0.05) is 17.2 Å². The predicted molar refractivity (Wildman–Crippen MR) is 83.7 cm³/mol. The maximum Gasteiger partial charge on any atom is 0.311 e. The average Bonchev–Trinajstić information content (AvgIpc) is 2.44. The van der Waals surface area contributed by atoms with Gasteiger partial charge in [-0.25, -0.2) is 0 Å². The largest absolute Gasteiger partial charge is 0.424 e. The van der Waals surface area contributed by atoms with E-state index in [0.717, 1.165) is 30.0 Å². The summed E-state index contributed by atoms with van der Waals surface area (Å²) in [4.78, 5) is 11.9. The molecule has 0 atom stereocenters. The highest BCUT2D eigenvalue weighted by atomic mass is 35.5. The molecule has 106 valence electrons. The van der Waals surface area contributed by atoms with E-state index in [1.807, 2.05) is 24.3 Å². The number of esters is 1. The van der Waals surface area contributed by atoms with Crippen LogP contribution in [0.1, 0.15) is 32.6 Å². The Morgan fingerprint density at radius 1 is 1.10 bits per heavy atom. The van der Waals surface area contributed by atoms with Crippen molar-refractivity contribution in [2.75, 3.05) is 0 Å². The standard InChI is InChI=1S/C16H16Cl2O2/c1-2-3-4-9-15(19)20-16-12-8-6-5-7-11(12)13(17)10-14(16)18/h5-8,10H,2-4,9H2,1H3. The Bertz CT molecular complexity index is 623. The molecule has 2 aromatic carbocycles. The minimum Gasteiger partial charge on any atom is -0.424 e. The normalized spacial score (nSPS) is 10.8. The van der Waals surface area contributed by atoms with E-state index in [1.54, 1.807) is 6.07 Å². The molecule has 0 aliphatic heterocycles. The zero-order chi connectivity index (χ0) is 14.5. The summed E-state index contributed by atoms with van der Waals surface area (Å²) in [5.41, 5.74) is 0. The van der Waals surface area contributed by atoms with Crippen LogP contribution in [0.5, 0.6) is 5.75 Å². The van der Waals surface area contributed by atoms with Crippen LogP contribution in [0.4, 0.5) is 0 Å². The molecule has 2 nitrogen and oxygen atoms in total. The monoisotopic (exact) mass is 310 g/mol. The fraction of sp³-hybridized carbons (Fsp3) is 0.312. The van der Waals surface area contributed by atoms with Crippen LogP contribution < -0.4 is 4.74 Å². The molecule has 0 saturated heterocycles. The Labute approximate surface area is 128 Å². The molecule has 0 amide bonds. The zero-order valence-electron chi connectivity index (χ0n) is 11.3. The molecule has 0 aromatic heterocycles. The maximum atomic E-state index is 11.9. The molecule has 0 bridgehead atoms. The van der Waals surface area contributed by atoms with Crippen LogP contribution in [0.3, 0.4) is 0 Å². The van der Waals surface area contributed by atoms with Gasteiger partial charge in [0.1, 0.15) is 0 Å². The third kappa shape index (κ3) is 3.44. The molecule has 0 spiro atoms. The van der Waals surface area contributed by atoms with Gasteiger partial charge in [0.15, 0.2) is 5.75 Å². The van der Waals surface area contributed by atoms with Crippen molar-refractivity contribution >= 4 is 39.9 Å². The minimum absolute atomic E-state index is 0.257. The van der Waals surface area contributed by atoms with Crippen LogP contribution in [0.2, 0.25) is 10.0 Å². The Kier molecular flexibility index (Phi) is 5.27. The Balaban J connectivity index is 2.27. The molecule has 0 aliphatic rings. The van der Waals surface area contributed by atoms with Gasteiger partial charge in [-0.2, -0.15) is 0 Å². The second-order valence-electron chi connectivity index (χ2n) is 4.65. The van der Waals surface area contributed by atoms with E-state index in [2.05, 4.69) is 6.92 Å². The number of unbranched alkanes of at least 4 members (excludes halogenated alkanes) is 2. The van der Waals surface area contributed by atoms with Crippen molar-refractivity contribution in [3.8, 4) is 5.75 Å². The summed E-state index contributed by atoms with van der Waals surface area (Å²) < 4.78 is 5.43. The molecule has 2 rings (SSSR count). The summed E-state index contributed by atoms with van der Waals surface area (Å²) in [5, 5.41) is 2.50. The minimum atomic E-state index is -0.257. The van der Waals surface area contributed by atoms with Gasteiger partial charge < -0.3 is 4.74 Å². The highest BCUT2D eigenvalue weighted by Crippen LogP contribution is 2.38. The summed E-state index contributed by atoms with van der Waals surface area (Å²) in [5.74, 6) is 0.140. The first kappa shape index (κ1) is 15.1. The Morgan fingerprint density at radius 3 is 2.50 bits per heavy atom. The molecule has 2 aromatic rings. The number of hydrogen-bond donors (Lipinski definition) is 0. The fourth-order valence-electron chi connectivity index (χ4n) is 2.06. The quantitative estimate of drug-likeness (QED) is 0.406. The molecule has 0 N–H and O–H groups in total. The second kappa shape index (κ2) is 6.96. The number of hydrogen-bond acceptors (Lipinski definition) is 2. The number of carbonyl (C=O) groups is 1. The van der Waals surface area contributed by atoms with Crippen molar-refractivity contribution < 1.29 is 9.53 Å². The lowest BCUT2D eigenvalue weighted by Gasteiger charge is -2.11. The lowest BCUT2D eigenvalue weighted by molar-refractivity contribution is -0.134. The number of carbonyl (C=O) groups excluding carboxylic acids is 1. The first-order valence-corrected chi connectivity index (χ1v) is 7.46. The van der Waals surface area contributed by atoms with Crippen molar-refractivity contribution in [2.45, 2.75) is 32.6 Å². The lowest BCUT2D eigenvalue weighted by atomic mass is 10.1. The van der Waals surface area contributed by atoms with Gasteiger partial charge in [0.05, 0.1) is 10.0 Å². The molecule has 0 aliphatic carbocycles. The van der Waals surface area contributed by atoms with Crippen LogP contribution >= 0.6 is 23.2 Å². The van der Waals surface area contributed by atoms with E-state index >= 15 is 0 Å². The van der Waals surface area contributed by atoms with Gasteiger partial charge in [0.2, 0.25) is 0 Å². The number of rotatable bonds is 5. The lowest BCUT2D eigenvalue weighted by Crippen LogP contribution is -2.08. The number of halogens is 2. The van der Waals surface area contributed by atoms with Crippen molar-refractivity contribution in [1.29, 1.82) is 0 Å². The van der Waals surface area contributed by atoms with Gasteiger partial charge in [-0.15, -0.1) is 0 Å². The van der Waals surface area contributed by atoms with Gasteiger partial charge in [-0.1, -0.05) is 67.2 Å². The third-order valence-corrected chi connectivity index (χ3v) is 3.69. The van der Waals surface area contributed by atoms with Crippen molar-refractivity contribution in [1.82, 2.24) is 0 Å². The molecule has 4 heteroatoms. The molecule has 0 radical (unpaired) electrons.